The third-order valence-electron chi connectivity index (χ3n) is 5.86. The molecule has 3 aromatic rings. The highest BCUT2D eigenvalue weighted by molar-refractivity contribution is 6.16. The number of alkyl halides is 6. The first-order valence-electron chi connectivity index (χ1n) is 10.6. The van der Waals surface area contributed by atoms with E-state index in [1.807, 2.05) is 0 Å². The fourth-order valence-corrected chi connectivity index (χ4v) is 4.09. The van der Waals surface area contributed by atoms with Gasteiger partial charge < -0.3 is 15.3 Å². The molecule has 0 aromatic heterocycles. The van der Waals surface area contributed by atoms with Gasteiger partial charge in [-0.25, -0.2) is 8.78 Å². The SMILES string of the molecule is O=C(NCCO)c1ccc(C2=NOC(c3cc(F)c(F)c(C(F)(F)F)c3)(C(F)(F)F)C2)c2ccccc12. The Kier molecular flexibility index (Phi) is 6.61. The molecule has 196 valence electrons. The van der Waals surface area contributed by atoms with Crippen molar-refractivity contribution in [3.8, 4) is 0 Å². The summed E-state index contributed by atoms with van der Waals surface area (Å²) in [7, 11) is 0. The molecule has 0 aliphatic carbocycles. The lowest BCUT2D eigenvalue weighted by molar-refractivity contribution is -0.276. The van der Waals surface area contributed by atoms with Crippen molar-refractivity contribution in [2.24, 2.45) is 5.16 Å². The molecule has 0 bridgehead atoms. The number of nitrogens with one attached hydrogen (secondary N) is 1. The zero-order chi connectivity index (χ0) is 27.2. The van der Waals surface area contributed by atoms with Gasteiger partial charge in [0.1, 0.15) is 0 Å². The first-order chi connectivity index (χ1) is 17.3. The molecule has 1 atom stereocenters. The van der Waals surface area contributed by atoms with Crippen LogP contribution in [-0.2, 0) is 16.6 Å². The average Bonchev–Trinajstić information content (AvgIpc) is 3.29. The van der Waals surface area contributed by atoms with E-state index in [1.165, 1.54) is 24.3 Å². The van der Waals surface area contributed by atoms with Gasteiger partial charge in [-0.1, -0.05) is 35.5 Å². The number of carbonyl (C=O) groups is 1. The van der Waals surface area contributed by atoms with Gasteiger partial charge in [-0.05, 0) is 29.0 Å². The Hall–Kier alpha value is -3.74. The van der Waals surface area contributed by atoms with Gasteiger partial charge in [-0.15, -0.1) is 0 Å². The molecule has 0 fully saturated rings. The lowest BCUT2D eigenvalue weighted by atomic mass is 9.84. The highest BCUT2D eigenvalue weighted by Gasteiger charge is 2.63. The van der Waals surface area contributed by atoms with Crippen LogP contribution in [0, 0.1) is 11.6 Å². The molecule has 5 nitrogen and oxygen atoms in total. The molecular weight excluding hydrogens is 516 g/mol. The maximum Gasteiger partial charge on any atom is 0.435 e. The van der Waals surface area contributed by atoms with Crippen LogP contribution in [0.2, 0.25) is 0 Å². The number of benzene rings is 3. The maximum atomic E-state index is 14.3. The van der Waals surface area contributed by atoms with Gasteiger partial charge in [0.15, 0.2) is 11.6 Å². The average molecular weight is 532 g/mol. The molecule has 1 heterocycles. The molecule has 4 rings (SSSR count). The van der Waals surface area contributed by atoms with Crippen LogP contribution in [0.5, 0.6) is 0 Å². The number of amides is 1. The van der Waals surface area contributed by atoms with Gasteiger partial charge in [0, 0.05) is 29.7 Å². The third kappa shape index (κ3) is 4.59. The molecular formula is C24H16F8N2O3. The smallest absolute Gasteiger partial charge is 0.395 e. The number of hydrogen-bond donors (Lipinski definition) is 2. The van der Waals surface area contributed by atoms with E-state index in [1.54, 1.807) is 12.1 Å². The Morgan fingerprint density at radius 3 is 2.32 bits per heavy atom. The molecule has 0 saturated carbocycles. The predicted molar refractivity (Wildman–Crippen MR) is 115 cm³/mol. The van der Waals surface area contributed by atoms with E-state index < -0.39 is 53.0 Å². The summed E-state index contributed by atoms with van der Waals surface area (Å²) in [6, 6.07) is 8.58. The van der Waals surface area contributed by atoms with Gasteiger partial charge >= 0.3 is 12.4 Å². The van der Waals surface area contributed by atoms with Crippen LogP contribution in [0.15, 0.2) is 53.7 Å². The van der Waals surface area contributed by atoms with Crippen LogP contribution < -0.4 is 5.32 Å². The highest BCUT2D eigenvalue weighted by atomic mass is 19.4. The molecule has 3 aromatic carbocycles. The third-order valence-corrected chi connectivity index (χ3v) is 5.86. The molecule has 0 radical (unpaired) electrons. The number of nitrogens with zero attached hydrogens (tertiary/aromatic N) is 1. The van der Waals surface area contributed by atoms with Crippen molar-refractivity contribution >= 4 is 22.4 Å². The molecule has 1 aliphatic heterocycles. The summed E-state index contributed by atoms with van der Waals surface area (Å²) in [6.45, 7) is -0.368. The van der Waals surface area contributed by atoms with Gasteiger partial charge in [-0.3, -0.25) is 4.79 Å². The first kappa shape index (κ1) is 26.3. The van der Waals surface area contributed by atoms with E-state index in [9.17, 15) is 39.9 Å². The largest absolute Gasteiger partial charge is 0.435 e. The summed E-state index contributed by atoms with van der Waals surface area (Å²) in [4.78, 5) is 17.2. The normalized spacial score (nSPS) is 18.0. The van der Waals surface area contributed by atoms with E-state index in [0.29, 0.717) is 5.39 Å². The number of fused-ring (bicyclic) bond motifs is 1. The van der Waals surface area contributed by atoms with Crippen molar-refractivity contribution in [1.29, 1.82) is 0 Å². The Bertz CT molecular complexity index is 1400. The number of aliphatic hydroxyl groups is 1. The monoisotopic (exact) mass is 532 g/mol. The van der Waals surface area contributed by atoms with Gasteiger partial charge in [0.05, 0.1) is 17.9 Å². The standard InChI is InChI=1S/C24H16F8N2O3/c25-18-10-12(9-17(20(18)26)23(27,28)29)22(24(30,31)32)11-19(34-37-22)15-5-6-16(21(36)33-7-8-35)14-4-2-1-3-13(14)15/h1-6,9-10,35H,7-8,11H2,(H,33,36). The highest BCUT2D eigenvalue weighted by Crippen LogP contribution is 2.50. The van der Waals surface area contributed by atoms with E-state index in [-0.39, 0.29) is 47.5 Å². The molecule has 1 aliphatic rings. The van der Waals surface area contributed by atoms with Crippen LogP contribution in [0.3, 0.4) is 0 Å². The summed E-state index contributed by atoms with van der Waals surface area (Å²) >= 11 is 0. The van der Waals surface area contributed by atoms with Crippen LogP contribution in [-0.4, -0.2) is 36.1 Å². The second-order valence-electron chi connectivity index (χ2n) is 8.13. The summed E-state index contributed by atoms with van der Waals surface area (Å²) in [5.41, 5.74) is -7.17. The number of rotatable bonds is 5. The van der Waals surface area contributed by atoms with Crippen LogP contribution in [0.1, 0.15) is 33.5 Å². The van der Waals surface area contributed by atoms with Crippen molar-refractivity contribution in [1.82, 2.24) is 5.32 Å². The van der Waals surface area contributed by atoms with E-state index in [4.69, 9.17) is 9.94 Å². The maximum absolute atomic E-state index is 14.3. The van der Waals surface area contributed by atoms with Gasteiger partial charge in [0.25, 0.3) is 11.5 Å². The van der Waals surface area contributed by atoms with Crippen molar-refractivity contribution < 1.29 is 49.9 Å². The zero-order valence-corrected chi connectivity index (χ0v) is 18.5. The summed E-state index contributed by atoms with van der Waals surface area (Å²) in [5, 5.41) is 15.5. The van der Waals surface area contributed by atoms with E-state index in [0.717, 1.165) is 0 Å². The molecule has 0 saturated heterocycles. The number of carbonyl (C=O) groups excluding carboxylic acids is 1. The summed E-state index contributed by atoms with van der Waals surface area (Å²) in [6.07, 6.45) is -12.0. The summed E-state index contributed by atoms with van der Waals surface area (Å²) in [5.74, 6) is -5.03. The molecule has 1 amide bonds. The van der Waals surface area contributed by atoms with Crippen LogP contribution in [0.4, 0.5) is 35.1 Å². The Morgan fingerprint density at radius 2 is 1.70 bits per heavy atom. The predicted octanol–water partition coefficient (Wildman–Crippen LogP) is 5.44. The lowest BCUT2D eigenvalue weighted by Crippen LogP contribution is -2.43. The minimum absolute atomic E-state index is 0.00320. The Labute approximate surface area is 203 Å². The fourth-order valence-electron chi connectivity index (χ4n) is 4.09. The van der Waals surface area contributed by atoms with E-state index >= 15 is 0 Å². The van der Waals surface area contributed by atoms with E-state index in [2.05, 4.69) is 10.5 Å². The quantitative estimate of drug-likeness (QED) is 0.430. The van der Waals surface area contributed by atoms with Crippen molar-refractivity contribution in [3.05, 3.63) is 82.4 Å². The zero-order valence-electron chi connectivity index (χ0n) is 18.5. The minimum atomic E-state index is -5.47. The Balaban J connectivity index is 1.81. The molecule has 13 heteroatoms. The molecule has 37 heavy (non-hydrogen) atoms. The van der Waals surface area contributed by atoms with Crippen LogP contribution in [0.25, 0.3) is 10.8 Å². The van der Waals surface area contributed by atoms with Gasteiger partial charge in [-0.2, -0.15) is 26.3 Å². The fraction of sp³-hybridized carbons (Fsp3) is 0.250. The van der Waals surface area contributed by atoms with Crippen molar-refractivity contribution in [2.45, 2.75) is 24.4 Å². The number of aliphatic hydroxyl groups excluding tert-OH is 1. The van der Waals surface area contributed by atoms with Crippen molar-refractivity contribution in [2.75, 3.05) is 13.2 Å². The number of hydrogen-bond acceptors (Lipinski definition) is 4. The van der Waals surface area contributed by atoms with Gasteiger partial charge in [0.2, 0.25) is 0 Å². The lowest BCUT2D eigenvalue weighted by Gasteiger charge is -2.30. The van der Waals surface area contributed by atoms with Crippen molar-refractivity contribution in [3.63, 3.8) is 0 Å². The topological polar surface area (TPSA) is 70.9 Å². The number of halogens is 8. The summed E-state index contributed by atoms with van der Waals surface area (Å²) < 4.78 is 110. The molecule has 1 unspecified atom stereocenters. The molecule has 0 spiro atoms. The molecule has 2 N–H and O–H groups in total. The van der Waals surface area contributed by atoms with Crippen LogP contribution >= 0.6 is 0 Å². The Morgan fingerprint density at radius 1 is 1.03 bits per heavy atom. The second-order valence-corrected chi connectivity index (χ2v) is 8.13. The first-order valence-corrected chi connectivity index (χ1v) is 10.6. The number of oxime groups is 1. The minimum Gasteiger partial charge on any atom is -0.395 e. The second kappa shape index (κ2) is 9.29.